The smallest absolute Gasteiger partial charge is 0.164 e. The number of hydrogen-bond donors (Lipinski definition) is 0. The fraction of sp³-hybridized carbons (Fsp3) is 0.151. The lowest BCUT2D eigenvalue weighted by Gasteiger charge is -2.39. The van der Waals surface area contributed by atoms with E-state index in [2.05, 4.69) is 146 Å². The molecule has 284 valence electrons. The van der Waals surface area contributed by atoms with E-state index in [0.29, 0.717) is 17.5 Å². The molecule has 58 heavy (non-hydrogen) atoms. The molecule has 1 saturated carbocycles. The highest BCUT2D eigenvalue weighted by atomic mass is 31.2. The van der Waals surface area contributed by atoms with Crippen LogP contribution in [0.15, 0.2) is 182 Å². The van der Waals surface area contributed by atoms with Crippen molar-refractivity contribution in [3.63, 3.8) is 0 Å². The molecule has 1 aliphatic carbocycles. The first-order valence-electron chi connectivity index (χ1n) is 20.3. The lowest BCUT2D eigenvalue weighted by Crippen LogP contribution is -2.30. The predicted molar refractivity (Wildman–Crippen MR) is 242 cm³/mol. The van der Waals surface area contributed by atoms with Crippen molar-refractivity contribution in [3.05, 3.63) is 193 Å². The topological polar surface area (TPSA) is 55.7 Å². The van der Waals surface area contributed by atoms with Gasteiger partial charge in [0, 0.05) is 27.4 Å². The zero-order chi connectivity index (χ0) is 39.5. The average Bonchev–Trinajstić information content (AvgIpc) is 3.30. The van der Waals surface area contributed by atoms with Gasteiger partial charge in [0.1, 0.15) is 7.14 Å². The van der Waals surface area contributed by atoms with Gasteiger partial charge in [0.15, 0.2) is 17.5 Å². The molecule has 0 N–H and O–H groups in total. The van der Waals surface area contributed by atoms with Gasteiger partial charge in [-0.1, -0.05) is 195 Å². The van der Waals surface area contributed by atoms with Gasteiger partial charge in [-0.25, -0.2) is 15.0 Å². The van der Waals surface area contributed by atoms with E-state index in [9.17, 15) is 4.57 Å². The molecule has 1 aliphatic rings. The van der Waals surface area contributed by atoms with Crippen molar-refractivity contribution < 1.29 is 4.57 Å². The Bertz CT molecular complexity index is 2700. The molecular formula is C53H46N3OP. The third-order valence-corrected chi connectivity index (χ3v) is 13.3. The minimum Gasteiger partial charge on any atom is -0.319 e. The molecule has 0 atom stereocenters. The van der Waals surface area contributed by atoms with E-state index in [1.165, 1.54) is 41.5 Å². The Labute approximate surface area is 342 Å². The molecule has 0 saturated heterocycles. The van der Waals surface area contributed by atoms with Gasteiger partial charge >= 0.3 is 0 Å². The monoisotopic (exact) mass is 771 g/mol. The van der Waals surface area contributed by atoms with Crippen LogP contribution in [0.3, 0.4) is 0 Å². The Morgan fingerprint density at radius 2 is 0.724 bits per heavy atom. The van der Waals surface area contributed by atoms with Crippen LogP contribution in [-0.2, 0) is 9.98 Å². The molecule has 0 radical (unpaired) electrons. The van der Waals surface area contributed by atoms with E-state index in [4.69, 9.17) is 15.0 Å². The van der Waals surface area contributed by atoms with Crippen LogP contribution in [0.5, 0.6) is 0 Å². The summed E-state index contributed by atoms with van der Waals surface area (Å²) in [6.45, 7) is 3.67. The molecule has 0 amide bonds. The van der Waals surface area contributed by atoms with E-state index < -0.39 is 7.14 Å². The van der Waals surface area contributed by atoms with Gasteiger partial charge in [0.25, 0.3) is 0 Å². The molecule has 0 spiro atoms. The SMILES string of the molecule is CP(C)(=O)c1cccc(-c2ccc(C3(c4ccc(-c5nc(-c6ccccc6)nc(-c6ccc(-c7ccc(-c8ccccc8)cc7)cc6)n5)cc4)CCCCC3)cc2)c1. The summed E-state index contributed by atoms with van der Waals surface area (Å²) in [6, 6.07) is 64.1. The summed E-state index contributed by atoms with van der Waals surface area (Å²) >= 11 is 0. The summed E-state index contributed by atoms with van der Waals surface area (Å²) in [4.78, 5) is 15.1. The van der Waals surface area contributed by atoms with Crippen LogP contribution >= 0.6 is 7.14 Å². The number of rotatable bonds is 9. The molecule has 0 bridgehead atoms. The average molecular weight is 772 g/mol. The Balaban J connectivity index is 1.02. The second-order valence-corrected chi connectivity index (χ2v) is 19.1. The van der Waals surface area contributed by atoms with Gasteiger partial charge in [-0.2, -0.15) is 0 Å². The summed E-state index contributed by atoms with van der Waals surface area (Å²) < 4.78 is 12.8. The summed E-state index contributed by atoms with van der Waals surface area (Å²) in [5.74, 6) is 1.96. The molecule has 9 rings (SSSR count). The van der Waals surface area contributed by atoms with Crippen LogP contribution in [0.4, 0.5) is 0 Å². The number of hydrogen-bond acceptors (Lipinski definition) is 4. The first-order chi connectivity index (χ1) is 28.3. The maximum Gasteiger partial charge on any atom is 0.164 e. The quantitative estimate of drug-likeness (QED) is 0.137. The molecular weight excluding hydrogens is 726 g/mol. The fourth-order valence-electron chi connectivity index (χ4n) is 8.49. The van der Waals surface area contributed by atoms with Gasteiger partial charge in [-0.05, 0) is 76.7 Å². The fourth-order valence-corrected chi connectivity index (χ4v) is 9.38. The van der Waals surface area contributed by atoms with Crippen LogP contribution in [0, 0.1) is 0 Å². The van der Waals surface area contributed by atoms with Crippen molar-refractivity contribution in [2.45, 2.75) is 37.5 Å². The van der Waals surface area contributed by atoms with Gasteiger partial charge in [0.05, 0.1) is 0 Å². The van der Waals surface area contributed by atoms with Gasteiger partial charge in [0.2, 0.25) is 0 Å². The van der Waals surface area contributed by atoms with E-state index in [0.717, 1.165) is 57.1 Å². The van der Waals surface area contributed by atoms with Crippen LogP contribution in [-0.4, -0.2) is 28.3 Å². The lowest BCUT2D eigenvalue weighted by atomic mass is 9.65. The minimum absolute atomic E-state index is 0.0667. The lowest BCUT2D eigenvalue weighted by molar-refractivity contribution is 0.346. The summed E-state index contributed by atoms with van der Waals surface area (Å²) in [6.07, 6.45) is 5.87. The Kier molecular flexibility index (Phi) is 10.3. The molecule has 1 aromatic heterocycles. The minimum atomic E-state index is -2.35. The zero-order valence-electron chi connectivity index (χ0n) is 33.1. The molecule has 1 fully saturated rings. The van der Waals surface area contributed by atoms with Gasteiger partial charge < -0.3 is 4.57 Å². The van der Waals surface area contributed by atoms with Gasteiger partial charge in [-0.15, -0.1) is 0 Å². The Morgan fingerprint density at radius 1 is 0.379 bits per heavy atom. The van der Waals surface area contributed by atoms with Crippen LogP contribution < -0.4 is 5.30 Å². The molecule has 0 aliphatic heterocycles. The maximum absolute atomic E-state index is 12.8. The molecule has 8 aromatic rings. The molecule has 4 nitrogen and oxygen atoms in total. The summed E-state index contributed by atoms with van der Waals surface area (Å²) in [5.41, 5.74) is 12.4. The first kappa shape index (κ1) is 37.4. The Morgan fingerprint density at radius 3 is 1.19 bits per heavy atom. The molecule has 5 heteroatoms. The summed E-state index contributed by atoms with van der Waals surface area (Å²) in [7, 11) is -2.35. The normalized spacial score (nSPS) is 13.9. The standard InChI is InChI=1S/C53H46N3OP/c1-58(2,57)49-18-12-17-46(37-49)42-27-31-47(32-28-42)53(35-10-5-11-36-53)48-33-29-45(30-34-48)52-55-50(43-15-8-4-9-16-43)54-51(56-52)44-25-23-41(24-26-44)40-21-19-39(20-22-40)38-13-6-3-7-14-38/h3-4,6-9,12-34,37H,5,10-11,35-36H2,1-2H3. The zero-order valence-corrected chi connectivity index (χ0v) is 33.9. The highest BCUT2D eigenvalue weighted by Crippen LogP contribution is 2.46. The largest absolute Gasteiger partial charge is 0.319 e. The van der Waals surface area contributed by atoms with E-state index >= 15 is 0 Å². The van der Waals surface area contributed by atoms with Crippen molar-refractivity contribution in [2.75, 3.05) is 13.3 Å². The van der Waals surface area contributed by atoms with Crippen LogP contribution in [0.25, 0.3) is 67.5 Å². The van der Waals surface area contributed by atoms with E-state index in [-0.39, 0.29) is 5.41 Å². The van der Waals surface area contributed by atoms with Crippen molar-refractivity contribution in [1.82, 2.24) is 15.0 Å². The highest BCUT2D eigenvalue weighted by Gasteiger charge is 2.35. The van der Waals surface area contributed by atoms with E-state index in [1.54, 1.807) is 0 Å². The van der Waals surface area contributed by atoms with Crippen molar-refractivity contribution in [2.24, 2.45) is 0 Å². The van der Waals surface area contributed by atoms with Crippen LogP contribution in [0.2, 0.25) is 0 Å². The number of benzene rings is 7. The van der Waals surface area contributed by atoms with E-state index in [1.807, 2.05) is 49.7 Å². The van der Waals surface area contributed by atoms with Crippen molar-refractivity contribution in [3.8, 4) is 67.5 Å². The third kappa shape index (κ3) is 7.73. The van der Waals surface area contributed by atoms with Crippen molar-refractivity contribution >= 4 is 12.4 Å². The van der Waals surface area contributed by atoms with Gasteiger partial charge in [-0.3, -0.25) is 0 Å². The molecule has 1 heterocycles. The molecule has 7 aromatic carbocycles. The first-order valence-corrected chi connectivity index (χ1v) is 22.9. The van der Waals surface area contributed by atoms with Crippen LogP contribution in [0.1, 0.15) is 43.2 Å². The Hall–Kier alpha value is -6.22. The summed E-state index contributed by atoms with van der Waals surface area (Å²) in [5, 5.41) is 0.915. The number of aromatic nitrogens is 3. The third-order valence-electron chi connectivity index (χ3n) is 11.8. The number of nitrogens with zero attached hydrogens (tertiary/aromatic N) is 3. The molecule has 0 unspecified atom stereocenters. The second-order valence-electron chi connectivity index (χ2n) is 15.9. The second kappa shape index (κ2) is 16.0. The maximum atomic E-state index is 12.8. The highest BCUT2D eigenvalue weighted by molar-refractivity contribution is 7.70. The predicted octanol–water partition coefficient (Wildman–Crippen LogP) is 13.4. The van der Waals surface area contributed by atoms with Crippen molar-refractivity contribution in [1.29, 1.82) is 0 Å².